The van der Waals surface area contributed by atoms with E-state index in [0.29, 0.717) is 17.4 Å². The molecule has 0 N–H and O–H groups in total. The molecule has 0 radical (unpaired) electrons. The number of rotatable bonds is 6. The average molecular weight is 394 g/mol. The zero-order valence-electron chi connectivity index (χ0n) is 17.9. The highest BCUT2D eigenvalue weighted by molar-refractivity contribution is 5.90. The van der Waals surface area contributed by atoms with Crippen LogP contribution in [0.2, 0.25) is 0 Å². The molecule has 1 aliphatic carbocycles. The summed E-state index contributed by atoms with van der Waals surface area (Å²) < 4.78 is 10.3. The third-order valence-electron chi connectivity index (χ3n) is 5.69. The molecule has 2 aromatic carbocycles. The first-order chi connectivity index (χ1) is 14.0. The van der Waals surface area contributed by atoms with Crippen LogP contribution in [0, 0.1) is 5.92 Å². The zero-order valence-corrected chi connectivity index (χ0v) is 17.9. The van der Waals surface area contributed by atoms with E-state index in [1.54, 1.807) is 13.2 Å². The Kier molecular flexibility index (Phi) is 7.10. The minimum absolute atomic E-state index is 0.297. The van der Waals surface area contributed by atoms with Gasteiger partial charge in [-0.15, -0.1) is 0 Å². The third-order valence-corrected chi connectivity index (χ3v) is 5.69. The molecule has 2 atom stereocenters. The summed E-state index contributed by atoms with van der Waals surface area (Å²) in [6.07, 6.45) is 5.50. The van der Waals surface area contributed by atoms with E-state index in [0.717, 1.165) is 37.1 Å². The highest BCUT2D eigenvalue weighted by Gasteiger charge is 2.29. The highest BCUT2D eigenvalue weighted by atomic mass is 16.5. The lowest BCUT2D eigenvalue weighted by atomic mass is 9.73. The van der Waals surface area contributed by atoms with Crippen molar-refractivity contribution in [2.45, 2.75) is 25.2 Å². The fourth-order valence-electron chi connectivity index (χ4n) is 4.31. The van der Waals surface area contributed by atoms with Crippen molar-refractivity contribution in [2.24, 2.45) is 5.92 Å². The molecule has 0 bridgehead atoms. The van der Waals surface area contributed by atoms with Crippen LogP contribution < -0.4 is 4.74 Å². The van der Waals surface area contributed by atoms with E-state index in [4.69, 9.17) is 9.47 Å². The molecule has 2 aromatic rings. The summed E-state index contributed by atoms with van der Waals surface area (Å²) in [4.78, 5) is 14.1. The lowest BCUT2D eigenvalue weighted by Gasteiger charge is -2.35. The van der Waals surface area contributed by atoms with Gasteiger partial charge in [-0.3, -0.25) is 0 Å². The maximum Gasteiger partial charge on any atom is 0.337 e. The van der Waals surface area contributed by atoms with Crippen LogP contribution in [-0.4, -0.2) is 45.7 Å². The van der Waals surface area contributed by atoms with Crippen LogP contribution in [-0.2, 0) is 4.74 Å². The van der Waals surface area contributed by atoms with Gasteiger partial charge in [-0.05, 0) is 80.6 Å². The minimum Gasteiger partial charge on any atom is -0.497 e. The number of allylic oxidation sites excluding steroid dienone is 1. The molecule has 29 heavy (non-hydrogen) atoms. The molecule has 1 fully saturated rings. The van der Waals surface area contributed by atoms with Crippen LogP contribution in [0.3, 0.4) is 0 Å². The lowest BCUT2D eigenvalue weighted by molar-refractivity contribution is 0.0600. The summed E-state index contributed by atoms with van der Waals surface area (Å²) in [5, 5.41) is 0. The fraction of sp³-hybridized carbons (Fsp3) is 0.400. The summed E-state index contributed by atoms with van der Waals surface area (Å²) in [6, 6.07) is 16.1. The summed E-state index contributed by atoms with van der Waals surface area (Å²) in [6.45, 7) is 1.08. The van der Waals surface area contributed by atoms with Crippen molar-refractivity contribution in [1.82, 2.24) is 4.90 Å². The fourth-order valence-corrected chi connectivity index (χ4v) is 4.31. The van der Waals surface area contributed by atoms with E-state index in [1.807, 2.05) is 24.3 Å². The number of nitrogens with zero attached hydrogens (tertiary/aromatic N) is 1. The second-order valence-electron chi connectivity index (χ2n) is 8.07. The topological polar surface area (TPSA) is 38.8 Å². The second kappa shape index (κ2) is 9.75. The van der Waals surface area contributed by atoms with Gasteiger partial charge in [-0.2, -0.15) is 0 Å². The molecule has 1 aliphatic rings. The number of methoxy groups -OCH3 is 2. The lowest BCUT2D eigenvalue weighted by Crippen LogP contribution is -2.29. The van der Waals surface area contributed by atoms with Crippen LogP contribution in [0.4, 0.5) is 0 Å². The second-order valence-corrected chi connectivity index (χ2v) is 8.07. The Bertz CT molecular complexity index is 872. The maximum atomic E-state index is 11.8. The van der Waals surface area contributed by atoms with E-state index in [1.165, 1.54) is 18.2 Å². The average Bonchev–Trinajstić information content (AvgIpc) is 2.74. The van der Waals surface area contributed by atoms with E-state index >= 15 is 0 Å². The molecule has 0 aromatic heterocycles. The van der Waals surface area contributed by atoms with Gasteiger partial charge in [0.1, 0.15) is 5.75 Å². The molecule has 4 heteroatoms. The van der Waals surface area contributed by atoms with E-state index < -0.39 is 0 Å². The van der Waals surface area contributed by atoms with Gasteiger partial charge in [0.05, 0.1) is 19.8 Å². The molecule has 4 nitrogen and oxygen atoms in total. The Morgan fingerprint density at radius 2 is 1.93 bits per heavy atom. The Hall–Kier alpha value is -2.59. The SMILES string of the molecule is COC(=O)c1cccc(C=C2CC[C@H](CN(C)C)[C@H](c3cccc(OC)c3)C2)c1. The van der Waals surface area contributed by atoms with Crippen LogP contribution in [0.25, 0.3) is 6.08 Å². The Morgan fingerprint density at radius 1 is 1.14 bits per heavy atom. The normalized spacial score (nSPS) is 20.7. The van der Waals surface area contributed by atoms with Crippen molar-refractivity contribution in [3.63, 3.8) is 0 Å². The van der Waals surface area contributed by atoms with Crippen molar-refractivity contribution in [3.05, 3.63) is 70.8 Å². The van der Waals surface area contributed by atoms with E-state index in [9.17, 15) is 4.79 Å². The Morgan fingerprint density at radius 3 is 2.66 bits per heavy atom. The predicted molar refractivity (Wildman–Crippen MR) is 117 cm³/mol. The van der Waals surface area contributed by atoms with Crippen molar-refractivity contribution in [2.75, 3.05) is 34.9 Å². The molecule has 1 saturated carbocycles. The first kappa shape index (κ1) is 21.1. The van der Waals surface area contributed by atoms with Crippen molar-refractivity contribution in [3.8, 4) is 5.75 Å². The van der Waals surface area contributed by atoms with Gasteiger partial charge in [0.2, 0.25) is 0 Å². The quantitative estimate of drug-likeness (QED) is 0.647. The highest BCUT2D eigenvalue weighted by Crippen LogP contribution is 2.42. The largest absolute Gasteiger partial charge is 0.497 e. The van der Waals surface area contributed by atoms with Gasteiger partial charge in [0.25, 0.3) is 0 Å². The number of ether oxygens (including phenoxy) is 2. The predicted octanol–water partition coefficient (Wildman–Crippen LogP) is 5.01. The molecular formula is C25H31NO3. The van der Waals surface area contributed by atoms with Crippen molar-refractivity contribution < 1.29 is 14.3 Å². The Balaban J connectivity index is 1.87. The van der Waals surface area contributed by atoms with Crippen LogP contribution in [0.1, 0.15) is 46.7 Å². The number of carbonyl (C=O) groups is 1. The van der Waals surface area contributed by atoms with Crippen LogP contribution in [0.15, 0.2) is 54.1 Å². The molecule has 0 aliphatic heterocycles. The van der Waals surface area contributed by atoms with Gasteiger partial charge in [-0.25, -0.2) is 4.79 Å². The van der Waals surface area contributed by atoms with Gasteiger partial charge >= 0.3 is 5.97 Å². The van der Waals surface area contributed by atoms with Gasteiger partial charge < -0.3 is 14.4 Å². The van der Waals surface area contributed by atoms with Crippen LogP contribution in [0.5, 0.6) is 5.75 Å². The summed E-state index contributed by atoms with van der Waals surface area (Å²) in [5.74, 6) is 1.68. The monoisotopic (exact) mass is 393 g/mol. The van der Waals surface area contributed by atoms with E-state index in [-0.39, 0.29) is 5.97 Å². The maximum absolute atomic E-state index is 11.8. The molecular weight excluding hydrogens is 362 g/mol. The zero-order chi connectivity index (χ0) is 20.8. The molecule has 0 saturated heterocycles. The summed E-state index contributed by atoms with van der Waals surface area (Å²) >= 11 is 0. The van der Waals surface area contributed by atoms with Gasteiger partial charge in [0, 0.05) is 6.54 Å². The van der Waals surface area contributed by atoms with E-state index in [2.05, 4.69) is 43.3 Å². The standard InChI is InChI=1S/C25H31NO3/c1-26(2)17-22-12-11-19(13-18-7-5-9-21(14-18)25(27)29-4)15-24(22)20-8-6-10-23(16-20)28-3/h5-10,13-14,16,22,24H,11-12,15,17H2,1-4H3/t22-,24+/m1/s1. The number of esters is 1. The molecule has 154 valence electrons. The summed E-state index contributed by atoms with van der Waals surface area (Å²) in [7, 11) is 7.42. The van der Waals surface area contributed by atoms with Gasteiger partial charge in [0.15, 0.2) is 0 Å². The smallest absolute Gasteiger partial charge is 0.337 e. The third kappa shape index (κ3) is 5.48. The molecule has 3 rings (SSSR count). The summed E-state index contributed by atoms with van der Waals surface area (Å²) in [5.41, 5.74) is 4.41. The molecule has 0 spiro atoms. The number of benzene rings is 2. The number of hydrogen-bond donors (Lipinski definition) is 0. The molecule has 0 unspecified atom stereocenters. The van der Waals surface area contributed by atoms with Crippen molar-refractivity contribution in [1.29, 1.82) is 0 Å². The number of hydrogen-bond acceptors (Lipinski definition) is 4. The molecule has 0 amide bonds. The van der Waals surface area contributed by atoms with Crippen molar-refractivity contribution >= 4 is 12.0 Å². The minimum atomic E-state index is -0.297. The first-order valence-electron chi connectivity index (χ1n) is 10.2. The first-order valence-corrected chi connectivity index (χ1v) is 10.2. The number of carbonyl (C=O) groups excluding carboxylic acids is 1. The van der Waals surface area contributed by atoms with Gasteiger partial charge in [-0.1, -0.05) is 35.9 Å². The Labute approximate surface area is 174 Å². The molecule has 0 heterocycles. The van der Waals surface area contributed by atoms with Crippen LogP contribution >= 0.6 is 0 Å².